The van der Waals surface area contributed by atoms with Crippen molar-refractivity contribution in [2.75, 3.05) is 0 Å². The lowest BCUT2D eigenvalue weighted by molar-refractivity contribution is 0.143. The zero-order valence-electron chi connectivity index (χ0n) is 27.9. The molecule has 0 radical (unpaired) electrons. The molecule has 0 aromatic rings. The van der Waals surface area contributed by atoms with Gasteiger partial charge in [-0.2, -0.15) is 0 Å². The lowest BCUT2D eigenvalue weighted by Crippen LogP contribution is -2.16. The van der Waals surface area contributed by atoms with Crippen LogP contribution in [0.2, 0.25) is 19.6 Å². The summed E-state index contributed by atoms with van der Waals surface area (Å²) in [6.45, 7) is 23.6. The van der Waals surface area contributed by atoms with Crippen LogP contribution in [0.1, 0.15) is 132 Å². The summed E-state index contributed by atoms with van der Waals surface area (Å²) in [7, 11) is -1.46. The number of hydrogen-bond donors (Lipinski definition) is 1. The summed E-state index contributed by atoms with van der Waals surface area (Å²) in [5.74, 6) is 24.2. The van der Waals surface area contributed by atoms with E-state index in [1.807, 2.05) is 0 Å². The normalized spacial score (nSPS) is 13.1. The van der Waals surface area contributed by atoms with Gasteiger partial charge >= 0.3 is 0 Å². The van der Waals surface area contributed by atoms with Crippen molar-refractivity contribution in [2.45, 2.75) is 158 Å². The van der Waals surface area contributed by atoms with Gasteiger partial charge in [0.1, 0.15) is 13.7 Å². The highest BCUT2D eigenvalue weighted by Gasteiger charge is 2.10. The highest BCUT2D eigenvalue weighted by atomic mass is 28.3. The Bertz CT molecular complexity index is 1040. The van der Waals surface area contributed by atoms with Crippen molar-refractivity contribution in [3.05, 3.63) is 33.4 Å². The largest absolute Gasteiger partial charge is 0.378 e. The minimum absolute atomic E-state index is 0.880. The molecule has 220 valence electrons. The third-order valence-electron chi connectivity index (χ3n) is 5.93. The van der Waals surface area contributed by atoms with Gasteiger partial charge in [0.2, 0.25) is 0 Å². The van der Waals surface area contributed by atoms with Crippen LogP contribution in [-0.4, -0.2) is 18.8 Å². The predicted octanol–water partition coefficient (Wildman–Crippen LogP) is 10.3. The van der Waals surface area contributed by atoms with Crippen molar-refractivity contribution in [1.82, 2.24) is 0 Å². The molecule has 0 saturated carbocycles. The molecule has 0 aromatic heterocycles. The molecule has 2 heteroatoms. The molecule has 0 bridgehead atoms. The van der Waals surface area contributed by atoms with Crippen LogP contribution in [-0.2, 0) is 0 Å². The maximum atomic E-state index is 10.2. The molecule has 0 aromatic carbocycles. The Hall–Kier alpha value is -2.36. The van der Waals surface area contributed by atoms with Gasteiger partial charge in [-0.25, -0.2) is 0 Å². The van der Waals surface area contributed by atoms with Gasteiger partial charge in [0.15, 0.2) is 0 Å². The summed E-state index contributed by atoms with van der Waals surface area (Å²) in [4.78, 5) is 0. The Kier molecular flexibility index (Phi) is 19.3. The number of hydrogen-bond acceptors (Lipinski definition) is 1. The summed E-state index contributed by atoms with van der Waals surface area (Å²) in [6.07, 6.45) is 11.9. The molecule has 40 heavy (non-hydrogen) atoms. The second-order valence-corrected chi connectivity index (χ2v) is 16.9. The molecule has 1 nitrogen and oxygen atoms in total. The fourth-order valence-electron chi connectivity index (χ4n) is 4.03. The quantitative estimate of drug-likeness (QED) is 0.187. The van der Waals surface area contributed by atoms with E-state index < -0.39 is 13.7 Å². The van der Waals surface area contributed by atoms with E-state index in [0.717, 1.165) is 93.8 Å². The number of allylic oxidation sites excluding steroid dienone is 6. The fraction of sp³-hybridized carbons (Fsp3) is 0.632. The SMILES string of the molecule is CCC/C(C#C/C(CCC)=C(\C#CC(C)(C)O)CCC)=C(/C#C/C(CCC)=C(\C#C[Si](C)(C)C)CCC)CCC. The Balaban J connectivity index is 7.17. The van der Waals surface area contributed by atoms with Gasteiger partial charge in [-0.1, -0.05) is 141 Å². The van der Waals surface area contributed by atoms with Crippen LogP contribution < -0.4 is 0 Å². The van der Waals surface area contributed by atoms with E-state index in [0.29, 0.717) is 0 Å². The first-order valence-electron chi connectivity index (χ1n) is 15.8. The molecule has 0 rings (SSSR count). The Morgan fingerprint density at radius 3 is 0.950 bits per heavy atom. The fourth-order valence-corrected chi connectivity index (χ4v) is 4.55. The lowest BCUT2D eigenvalue weighted by Gasteiger charge is -2.09. The Labute approximate surface area is 250 Å². The number of rotatable bonds is 12. The molecule has 0 fully saturated rings. The molecular weight excluding hydrogens is 501 g/mol. The molecule has 0 unspecified atom stereocenters. The maximum absolute atomic E-state index is 10.2. The first kappa shape index (κ1) is 37.6. The van der Waals surface area contributed by atoms with Crippen LogP contribution in [0.4, 0.5) is 0 Å². The number of aliphatic hydroxyl groups is 1. The molecular formula is C38H58OSi. The molecule has 0 aliphatic rings. The summed E-state index contributed by atoms with van der Waals surface area (Å²) >= 11 is 0. The van der Waals surface area contributed by atoms with Crippen molar-refractivity contribution < 1.29 is 5.11 Å². The van der Waals surface area contributed by atoms with E-state index in [2.05, 4.69) is 108 Å². The third-order valence-corrected chi connectivity index (χ3v) is 6.80. The minimum Gasteiger partial charge on any atom is -0.378 e. The standard InChI is InChI=1S/C38H58OSi/c1-12-18-32(24-26-34(20-14-3)36(22-16-5)28-30-38(7,8)39)33(19-13-2)25-27-35(21-15-4)37(23-17-6)29-31-40(9,10)11/h39H,12-23H2,1-11H3/b33-32-,36-34-,37-35-. The van der Waals surface area contributed by atoms with E-state index in [-0.39, 0.29) is 0 Å². The summed E-state index contributed by atoms with van der Waals surface area (Å²) in [6, 6.07) is 0. The van der Waals surface area contributed by atoms with Crippen molar-refractivity contribution in [3.63, 3.8) is 0 Å². The lowest BCUT2D eigenvalue weighted by atomic mass is 9.96. The second-order valence-electron chi connectivity index (χ2n) is 12.2. The van der Waals surface area contributed by atoms with Crippen LogP contribution in [0.15, 0.2) is 33.4 Å². The smallest absolute Gasteiger partial charge is 0.129 e. The summed E-state index contributed by atoms with van der Waals surface area (Å²) in [5, 5.41) is 10.2. The molecule has 0 aliphatic carbocycles. The van der Waals surface area contributed by atoms with Gasteiger partial charge in [-0.05, 0) is 52.4 Å². The van der Waals surface area contributed by atoms with E-state index >= 15 is 0 Å². The molecule has 0 amide bonds. The van der Waals surface area contributed by atoms with Crippen LogP contribution in [0.25, 0.3) is 0 Å². The van der Waals surface area contributed by atoms with Gasteiger partial charge in [-0.3, -0.25) is 0 Å². The van der Waals surface area contributed by atoms with Gasteiger partial charge in [0.05, 0.1) is 0 Å². The van der Waals surface area contributed by atoms with Crippen molar-refractivity contribution in [2.24, 2.45) is 0 Å². The van der Waals surface area contributed by atoms with Crippen LogP contribution >= 0.6 is 0 Å². The van der Waals surface area contributed by atoms with Gasteiger partial charge in [0, 0.05) is 33.4 Å². The molecule has 0 atom stereocenters. The Morgan fingerprint density at radius 2 is 0.725 bits per heavy atom. The minimum atomic E-state index is -1.46. The van der Waals surface area contributed by atoms with Crippen LogP contribution in [0, 0.1) is 47.0 Å². The monoisotopic (exact) mass is 558 g/mol. The molecule has 0 aliphatic heterocycles. The van der Waals surface area contributed by atoms with Gasteiger partial charge in [-0.15, -0.1) is 5.54 Å². The van der Waals surface area contributed by atoms with E-state index in [1.54, 1.807) is 13.8 Å². The van der Waals surface area contributed by atoms with Crippen molar-refractivity contribution in [1.29, 1.82) is 0 Å². The average Bonchev–Trinajstić information content (AvgIpc) is 2.87. The average molecular weight is 559 g/mol. The van der Waals surface area contributed by atoms with Crippen LogP contribution in [0.5, 0.6) is 0 Å². The highest BCUT2D eigenvalue weighted by Crippen LogP contribution is 2.21. The zero-order valence-corrected chi connectivity index (χ0v) is 28.9. The molecule has 0 heterocycles. The zero-order chi connectivity index (χ0) is 30.6. The third kappa shape index (κ3) is 17.4. The summed E-state index contributed by atoms with van der Waals surface area (Å²) in [5.41, 5.74) is 9.54. The summed E-state index contributed by atoms with van der Waals surface area (Å²) < 4.78 is 0. The van der Waals surface area contributed by atoms with Crippen molar-refractivity contribution >= 4 is 8.07 Å². The van der Waals surface area contributed by atoms with E-state index in [4.69, 9.17) is 0 Å². The first-order valence-corrected chi connectivity index (χ1v) is 19.3. The Morgan fingerprint density at radius 1 is 0.475 bits per heavy atom. The van der Waals surface area contributed by atoms with E-state index in [9.17, 15) is 5.11 Å². The molecule has 0 saturated heterocycles. The molecule has 1 N–H and O–H groups in total. The topological polar surface area (TPSA) is 20.2 Å². The van der Waals surface area contributed by atoms with Crippen LogP contribution in [0.3, 0.4) is 0 Å². The van der Waals surface area contributed by atoms with Crippen molar-refractivity contribution in [3.8, 4) is 47.0 Å². The van der Waals surface area contributed by atoms with E-state index in [1.165, 1.54) is 16.7 Å². The second kappa shape index (κ2) is 20.5. The maximum Gasteiger partial charge on any atom is 0.129 e. The van der Waals surface area contributed by atoms with Gasteiger partial charge < -0.3 is 5.11 Å². The molecule has 0 spiro atoms. The highest BCUT2D eigenvalue weighted by molar-refractivity contribution is 6.83. The first-order chi connectivity index (χ1) is 18.8. The predicted molar refractivity (Wildman–Crippen MR) is 181 cm³/mol. The van der Waals surface area contributed by atoms with Gasteiger partial charge in [0.25, 0.3) is 0 Å².